The average molecular weight is 437 g/mol. The van der Waals surface area contributed by atoms with Crippen molar-refractivity contribution in [3.05, 3.63) is 27.8 Å². The normalized spacial score (nSPS) is 13.9. The average Bonchev–Trinajstić information content (AvgIpc) is 3.13. The van der Waals surface area contributed by atoms with Gasteiger partial charge in [0.25, 0.3) is 5.69 Å². The van der Waals surface area contributed by atoms with Crippen LogP contribution in [0, 0.1) is 10.1 Å². The molecule has 2 rings (SSSR count). The lowest BCUT2D eigenvalue weighted by Crippen LogP contribution is -2.39. The molecule has 11 nitrogen and oxygen atoms in total. The molecule has 31 heavy (non-hydrogen) atoms. The number of hydrogen-bond donors (Lipinski definition) is 1. The van der Waals surface area contributed by atoms with Gasteiger partial charge in [-0.1, -0.05) is 0 Å². The number of fused-ring (bicyclic) bond motifs is 1. The number of benzene rings is 1. The predicted molar refractivity (Wildman–Crippen MR) is 110 cm³/mol. The van der Waals surface area contributed by atoms with E-state index in [1.54, 1.807) is 20.8 Å². The molecule has 0 aromatic heterocycles. The van der Waals surface area contributed by atoms with Gasteiger partial charge in [-0.05, 0) is 39.7 Å². The minimum Gasteiger partial charge on any atom is -0.482 e. The fourth-order valence-corrected chi connectivity index (χ4v) is 3.12. The number of nitro groups is 1. The highest BCUT2D eigenvalue weighted by molar-refractivity contribution is 5.99. The number of carbonyl (C=O) groups excluding carboxylic acids is 3. The zero-order valence-electron chi connectivity index (χ0n) is 18.0. The molecule has 1 aromatic carbocycles. The molecule has 0 spiro atoms. The molecule has 0 saturated heterocycles. The second kappa shape index (κ2) is 9.73. The molecule has 1 aliphatic heterocycles. The molecule has 11 heteroatoms. The first-order valence-electron chi connectivity index (χ1n) is 9.73. The first-order chi connectivity index (χ1) is 14.4. The maximum absolute atomic E-state index is 12.8. The van der Waals surface area contributed by atoms with Crippen LogP contribution in [-0.2, 0) is 30.3 Å². The van der Waals surface area contributed by atoms with Gasteiger partial charge in [-0.3, -0.25) is 19.7 Å². The Bertz CT molecular complexity index is 878. The highest BCUT2D eigenvalue weighted by Gasteiger charge is 2.35. The molecule has 1 amide bonds. The van der Waals surface area contributed by atoms with Crippen LogP contribution in [0.15, 0.2) is 12.1 Å². The number of hydrogen-bond acceptors (Lipinski definition) is 9. The molecular weight excluding hydrogens is 410 g/mol. The number of nitro benzene ring substituents is 1. The van der Waals surface area contributed by atoms with Crippen LogP contribution >= 0.6 is 0 Å². The van der Waals surface area contributed by atoms with Crippen molar-refractivity contribution in [2.24, 2.45) is 5.73 Å². The van der Waals surface area contributed by atoms with Gasteiger partial charge in [-0.25, -0.2) is 4.79 Å². The summed E-state index contributed by atoms with van der Waals surface area (Å²) >= 11 is 0. The minimum absolute atomic E-state index is 0.0336. The van der Waals surface area contributed by atoms with E-state index < -0.39 is 34.4 Å². The van der Waals surface area contributed by atoms with E-state index in [4.69, 9.17) is 15.2 Å². The van der Waals surface area contributed by atoms with Crippen molar-refractivity contribution in [2.75, 3.05) is 25.2 Å². The smallest absolute Gasteiger partial charge is 0.343 e. The molecule has 0 aliphatic carbocycles. The molecule has 0 unspecified atom stereocenters. The Labute approximate surface area is 179 Å². The summed E-state index contributed by atoms with van der Waals surface area (Å²) in [5.41, 5.74) is 5.47. The lowest BCUT2D eigenvalue weighted by molar-refractivity contribution is -0.384. The predicted octanol–water partition coefficient (Wildman–Crippen LogP) is 1.48. The third-order valence-electron chi connectivity index (χ3n) is 4.52. The molecule has 0 saturated carbocycles. The third kappa shape index (κ3) is 6.14. The topological polar surface area (TPSA) is 151 Å². The summed E-state index contributed by atoms with van der Waals surface area (Å²) in [5.74, 6) is -1.36. The first kappa shape index (κ1) is 24.1. The summed E-state index contributed by atoms with van der Waals surface area (Å²) in [4.78, 5) is 48.4. The fraction of sp³-hybridized carbons (Fsp3) is 0.550. The van der Waals surface area contributed by atoms with Crippen LogP contribution in [0.4, 0.5) is 11.4 Å². The van der Waals surface area contributed by atoms with Crippen molar-refractivity contribution < 1.29 is 33.5 Å². The van der Waals surface area contributed by atoms with Crippen LogP contribution in [0.5, 0.6) is 5.75 Å². The maximum Gasteiger partial charge on any atom is 0.343 e. The quantitative estimate of drug-likeness (QED) is 0.362. The fourth-order valence-electron chi connectivity index (χ4n) is 3.12. The molecule has 0 radical (unpaired) electrons. The summed E-state index contributed by atoms with van der Waals surface area (Å²) in [6.45, 7) is 4.98. The summed E-state index contributed by atoms with van der Waals surface area (Å²) in [7, 11) is 1.22. The van der Waals surface area contributed by atoms with Gasteiger partial charge in [0.2, 0.25) is 5.91 Å². The summed E-state index contributed by atoms with van der Waals surface area (Å²) in [6.07, 6.45) is 0.257. The van der Waals surface area contributed by atoms with E-state index in [0.717, 1.165) is 0 Å². The van der Waals surface area contributed by atoms with E-state index in [0.29, 0.717) is 12.0 Å². The van der Waals surface area contributed by atoms with Gasteiger partial charge in [0.1, 0.15) is 23.1 Å². The number of carbonyl (C=O) groups is 3. The maximum atomic E-state index is 12.8. The molecule has 170 valence electrons. The number of anilines is 1. The van der Waals surface area contributed by atoms with E-state index in [2.05, 4.69) is 4.74 Å². The molecule has 1 atom stereocenters. The van der Waals surface area contributed by atoms with Crippen LogP contribution < -0.4 is 15.4 Å². The van der Waals surface area contributed by atoms with Gasteiger partial charge >= 0.3 is 11.9 Å². The number of ether oxygens (including phenoxy) is 3. The zero-order chi connectivity index (χ0) is 23.3. The molecule has 0 fully saturated rings. The molecule has 1 heterocycles. The summed E-state index contributed by atoms with van der Waals surface area (Å²) in [5, 5.41) is 11.5. The lowest BCUT2D eigenvalue weighted by atomic mass is 10.1. The molecular formula is C20H27N3O8. The van der Waals surface area contributed by atoms with Crippen LogP contribution in [0.3, 0.4) is 0 Å². The van der Waals surface area contributed by atoms with E-state index >= 15 is 0 Å². The van der Waals surface area contributed by atoms with Crippen molar-refractivity contribution in [1.82, 2.24) is 0 Å². The Morgan fingerprint density at radius 1 is 1.29 bits per heavy atom. The monoisotopic (exact) mass is 437 g/mol. The Morgan fingerprint density at radius 2 is 1.97 bits per heavy atom. The molecule has 0 bridgehead atoms. The molecule has 1 aliphatic rings. The number of rotatable bonds is 8. The summed E-state index contributed by atoms with van der Waals surface area (Å²) in [6, 6.07) is 1.63. The highest BCUT2D eigenvalue weighted by Crippen LogP contribution is 2.42. The van der Waals surface area contributed by atoms with Gasteiger partial charge in [-0.15, -0.1) is 0 Å². The second-order valence-corrected chi connectivity index (χ2v) is 8.01. The zero-order valence-corrected chi connectivity index (χ0v) is 18.0. The number of nitrogens with two attached hydrogens (primary N) is 1. The van der Waals surface area contributed by atoms with Crippen LogP contribution in [0.1, 0.15) is 39.2 Å². The van der Waals surface area contributed by atoms with Gasteiger partial charge in [0, 0.05) is 24.6 Å². The van der Waals surface area contributed by atoms with Crippen molar-refractivity contribution in [3.63, 3.8) is 0 Å². The van der Waals surface area contributed by atoms with Crippen molar-refractivity contribution >= 4 is 29.2 Å². The third-order valence-corrected chi connectivity index (χ3v) is 4.52. The number of amides is 1. The van der Waals surface area contributed by atoms with Gasteiger partial charge in [-0.2, -0.15) is 0 Å². The van der Waals surface area contributed by atoms with Gasteiger partial charge in [0.05, 0.1) is 12.0 Å². The minimum atomic E-state index is -0.991. The largest absolute Gasteiger partial charge is 0.482 e. The lowest BCUT2D eigenvalue weighted by Gasteiger charge is -2.23. The number of esters is 2. The Hall–Kier alpha value is -3.21. The van der Waals surface area contributed by atoms with Gasteiger partial charge in [0.15, 0.2) is 6.61 Å². The van der Waals surface area contributed by atoms with E-state index in [1.807, 2.05) is 0 Å². The second-order valence-electron chi connectivity index (χ2n) is 8.01. The van der Waals surface area contributed by atoms with Crippen molar-refractivity contribution in [3.8, 4) is 5.75 Å². The number of methoxy groups -OCH3 is 1. The number of nitrogens with zero attached hydrogens (tertiary/aromatic N) is 2. The van der Waals surface area contributed by atoms with Crippen molar-refractivity contribution in [2.45, 2.75) is 51.7 Å². The summed E-state index contributed by atoms with van der Waals surface area (Å²) < 4.78 is 15.2. The Kier molecular flexibility index (Phi) is 7.55. The highest BCUT2D eigenvalue weighted by atomic mass is 16.6. The Balaban J connectivity index is 2.16. The van der Waals surface area contributed by atoms with Gasteiger partial charge < -0.3 is 24.8 Å². The SMILES string of the molecule is COC(=O)COc1ccc([N+](=O)[O-])c2c1CCN2C(=O)CC[C@H](N)C(=O)OC(C)(C)C. The van der Waals surface area contributed by atoms with Crippen LogP contribution in [0.25, 0.3) is 0 Å². The first-order valence-corrected chi connectivity index (χ1v) is 9.73. The van der Waals surface area contributed by atoms with Crippen LogP contribution in [-0.4, -0.2) is 54.7 Å². The standard InChI is InChI=1S/C20H27N3O8/c1-20(2,3)31-19(26)13(21)5-8-16(24)22-10-9-12-15(30-11-17(25)29-4)7-6-14(18(12)22)23(27)28/h6-7,13H,5,8-11,21H2,1-4H3/t13-/m0/s1. The molecule has 2 N–H and O–H groups in total. The molecule has 1 aromatic rings. The van der Waals surface area contributed by atoms with E-state index in [9.17, 15) is 24.5 Å². The van der Waals surface area contributed by atoms with E-state index in [-0.39, 0.29) is 43.1 Å². The van der Waals surface area contributed by atoms with Crippen LogP contribution in [0.2, 0.25) is 0 Å². The van der Waals surface area contributed by atoms with E-state index in [1.165, 1.54) is 24.1 Å². The Morgan fingerprint density at radius 3 is 2.55 bits per heavy atom. The van der Waals surface area contributed by atoms with Crippen molar-refractivity contribution in [1.29, 1.82) is 0 Å².